The fraction of sp³-hybridized carbons (Fsp3) is 0.615. The van der Waals surface area contributed by atoms with E-state index in [0.29, 0.717) is 16.5 Å². The Balaban J connectivity index is 1.81. The standard InChI is InChI=1S/C13H18BrNO2/c1-2-11-5-6-12(17-11)13(16)15-8-9-3-4-10(14)7-9/h5-6,9-10H,2-4,7-8H2,1H3,(H,15,16). The Morgan fingerprint density at radius 1 is 1.53 bits per heavy atom. The molecule has 1 heterocycles. The first kappa shape index (κ1) is 12.7. The Hall–Kier alpha value is -0.770. The molecule has 0 bridgehead atoms. The highest BCUT2D eigenvalue weighted by atomic mass is 79.9. The van der Waals surface area contributed by atoms with Crippen LogP contribution in [0.5, 0.6) is 0 Å². The number of carbonyl (C=O) groups excluding carboxylic acids is 1. The summed E-state index contributed by atoms with van der Waals surface area (Å²) in [6, 6.07) is 3.61. The summed E-state index contributed by atoms with van der Waals surface area (Å²) in [6.45, 7) is 2.76. The van der Waals surface area contributed by atoms with Crippen molar-refractivity contribution in [2.24, 2.45) is 5.92 Å². The highest BCUT2D eigenvalue weighted by Gasteiger charge is 2.23. The average Bonchev–Trinajstić information content (AvgIpc) is 2.94. The molecule has 4 heteroatoms. The highest BCUT2D eigenvalue weighted by Crippen LogP contribution is 2.30. The van der Waals surface area contributed by atoms with Crippen LogP contribution in [0.3, 0.4) is 0 Å². The van der Waals surface area contributed by atoms with Crippen LogP contribution < -0.4 is 5.32 Å². The van der Waals surface area contributed by atoms with Crippen LogP contribution in [0.4, 0.5) is 0 Å². The second-order valence-electron chi connectivity index (χ2n) is 4.61. The van der Waals surface area contributed by atoms with Crippen molar-refractivity contribution in [3.8, 4) is 0 Å². The third-order valence-electron chi connectivity index (χ3n) is 3.26. The van der Waals surface area contributed by atoms with Crippen LogP contribution in [0.15, 0.2) is 16.5 Å². The van der Waals surface area contributed by atoms with Crippen LogP contribution in [0.2, 0.25) is 0 Å². The summed E-state index contributed by atoms with van der Waals surface area (Å²) in [5.74, 6) is 1.79. The summed E-state index contributed by atoms with van der Waals surface area (Å²) in [6.07, 6.45) is 4.37. The van der Waals surface area contributed by atoms with Crippen molar-refractivity contribution in [2.75, 3.05) is 6.54 Å². The number of furan rings is 1. The van der Waals surface area contributed by atoms with Crippen molar-refractivity contribution < 1.29 is 9.21 Å². The predicted molar refractivity (Wildman–Crippen MR) is 70.5 cm³/mol. The molecule has 0 aliphatic heterocycles. The zero-order chi connectivity index (χ0) is 12.3. The number of halogens is 1. The average molecular weight is 300 g/mol. The molecule has 1 N–H and O–H groups in total. The minimum Gasteiger partial charge on any atom is -0.456 e. The Labute approximate surface area is 110 Å². The van der Waals surface area contributed by atoms with Gasteiger partial charge >= 0.3 is 0 Å². The van der Waals surface area contributed by atoms with E-state index in [0.717, 1.165) is 25.1 Å². The quantitative estimate of drug-likeness (QED) is 0.868. The fourth-order valence-corrected chi connectivity index (χ4v) is 3.01. The minimum atomic E-state index is -0.0947. The third kappa shape index (κ3) is 3.35. The van der Waals surface area contributed by atoms with Crippen molar-refractivity contribution in [1.82, 2.24) is 5.32 Å². The zero-order valence-electron chi connectivity index (χ0n) is 10.0. The van der Waals surface area contributed by atoms with Crippen LogP contribution in [0, 0.1) is 5.92 Å². The molecule has 2 unspecified atom stereocenters. The van der Waals surface area contributed by atoms with Crippen molar-refractivity contribution >= 4 is 21.8 Å². The Morgan fingerprint density at radius 3 is 2.94 bits per heavy atom. The molecule has 1 aromatic heterocycles. The lowest BCUT2D eigenvalue weighted by molar-refractivity contribution is 0.0918. The molecule has 94 valence electrons. The molecular weight excluding hydrogens is 282 g/mol. The number of hydrogen-bond acceptors (Lipinski definition) is 2. The number of rotatable bonds is 4. The maximum atomic E-state index is 11.8. The van der Waals surface area contributed by atoms with Gasteiger partial charge in [0.25, 0.3) is 5.91 Å². The van der Waals surface area contributed by atoms with Crippen LogP contribution in [-0.4, -0.2) is 17.3 Å². The van der Waals surface area contributed by atoms with Gasteiger partial charge in [-0.1, -0.05) is 22.9 Å². The predicted octanol–water partition coefficient (Wildman–Crippen LogP) is 3.14. The van der Waals surface area contributed by atoms with E-state index < -0.39 is 0 Å². The molecule has 0 radical (unpaired) electrons. The van der Waals surface area contributed by atoms with Gasteiger partial charge < -0.3 is 9.73 Å². The largest absolute Gasteiger partial charge is 0.456 e. The third-order valence-corrected chi connectivity index (χ3v) is 4.09. The molecule has 1 aliphatic rings. The fourth-order valence-electron chi connectivity index (χ4n) is 2.21. The van der Waals surface area contributed by atoms with Gasteiger partial charge in [0.05, 0.1) is 0 Å². The summed E-state index contributed by atoms with van der Waals surface area (Å²) < 4.78 is 5.41. The van der Waals surface area contributed by atoms with E-state index in [9.17, 15) is 4.79 Å². The summed E-state index contributed by atoms with van der Waals surface area (Å²) in [4.78, 5) is 12.4. The number of amides is 1. The Kier molecular flexibility index (Phi) is 4.26. The van der Waals surface area contributed by atoms with Gasteiger partial charge in [-0.3, -0.25) is 4.79 Å². The summed E-state index contributed by atoms with van der Waals surface area (Å²) in [7, 11) is 0. The lowest BCUT2D eigenvalue weighted by Gasteiger charge is -2.09. The van der Waals surface area contributed by atoms with Crippen LogP contribution in [0.25, 0.3) is 0 Å². The Bertz CT molecular complexity index is 389. The first-order valence-corrected chi connectivity index (χ1v) is 7.11. The number of nitrogens with one attached hydrogen (secondary N) is 1. The molecule has 0 saturated heterocycles. The highest BCUT2D eigenvalue weighted by molar-refractivity contribution is 9.09. The van der Waals surface area contributed by atoms with Gasteiger partial charge in [0.15, 0.2) is 5.76 Å². The molecular formula is C13H18BrNO2. The van der Waals surface area contributed by atoms with Gasteiger partial charge in [-0.05, 0) is 37.3 Å². The second-order valence-corrected chi connectivity index (χ2v) is 5.90. The second kappa shape index (κ2) is 5.71. The van der Waals surface area contributed by atoms with Gasteiger partial charge in [-0.2, -0.15) is 0 Å². The molecule has 1 fully saturated rings. The van der Waals surface area contributed by atoms with Gasteiger partial charge in [0.1, 0.15) is 5.76 Å². The lowest BCUT2D eigenvalue weighted by atomic mass is 10.1. The number of carbonyl (C=O) groups is 1. The molecule has 0 aromatic carbocycles. The van der Waals surface area contributed by atoms with Gasteiger partial charge in [0, 0.05) is 17.8 Å². The first-order valence-electron chi connectivity index (χ1n) is 6.20. The topological polar surface area (TPSA) is 42.2 Å². The van der Waals surface area contributed by atoms with Crippen LogP contribution in [0.1, 0.15) is 42.5 Å². The molecule has 17 heavy (non-hydrogen) atoms. The minimum absolute atomic E-state index is 0.0947. The number of alkyl halides is 1. The molecule has 2 atom stereocenters. The van der Waals surface area contributed by atoms with Crippen LogP contribution >= 0.6 is 15.9 Å². The maximum absolute atomic E-state index is 11.8. The summed E-state index contributed by atoms with van der Waals surface area (Å²) in [5, 5.41) is 2.95. The van der Waals surface area contributed by atoms with Gasteiger partial charge in [0.2, 0.25) is 0 Å². The molecule has 3 nitrogen and oxygen atoms in total. The maximum Gasteiger partial charge on any atom is 0.287 e. The van der Waals surface area contributed by atoms with E-state index in [1.807, 2.05) is 13.0 Å². The SMILES string of the molecule is CCc1ccc(C(=O)NCC2CCC(Br)C2)o1. The molecule has 2 rings (SSSR count). The van der Waals surface area contributed by atoms with Crippen LogP contribution in [-0.2, 0) is 6.42 Å². The van der Waals surface area contributed by atoms with Gasteiger partial charge in [-0.15, -0.1) is 0 Å². The van der Waals surface area contributed by atoms with Gasteiger partial charge in [-0.25, -0.2) is 0 Å². The molecule has 1 aliphatic carbocycles. The lowest BCUT2D eigenvalue weighted by Crippen LogP contribution is -2.28. The molecule has 0 spiro atoms. The van der Waals surface area contributed by atoms with E-state index in [1.165, 1.54) is 12.8 Å². The van der Waals surface area contributed by atoms with Crippen molar-refractivity contribution in [3.05, 3.63) is 23.7 Å². The first-order chi connectivity index (χ1) is 8.19. The normalized spacial score (nSPS) is 23.9. The molecule has 1 aromatic rings. The number of hydrogen-bond donors (Lipinski definition) is 1. The molecule has 1 amide bonds. The smallest absolute Gasteiger partial charge is 0.287 e. The Morgan fingerprint density at radius 2 is 2.35 bits per heavy atom. The van der Waals surface area contributed by atoms with E-state index in [2.05, 4.69) is 21.2 Å². The van der Waals surface area contributed by atoms with Crippen molar-refractivity contribution in [1.29, 1.82) is 0 Å². The summed E-state index contributed by atoms with van der Waals surface area (Å²) in [5.41, 5.74) is 0. The monoisotopic (exact) mass is 299 g/mol. The zero-order valence-corrected chi connectivity index (χ0v) is 11.6. The van der Waals surface area contributed by atoms with E-state index in [-0.39, 0.29) is 5.91 Å². The molecule has 1 saturated carbocycles. The summed E-state index contributed by atoms with van der Waals surface area (Å²) >= 11 is 3.61. The van der Waals surface area contributed by atoms with E-state index in [1.54, 1.807) is 6.07 Å². The van der Waals surface area contributed by atoms with Crippen molar-refractivity contribution in [3.63, 3.8) is 0 Å². The number of aryl methyl sites for hydroxylation is 1. The van der Waals surface area contributed by atoms with E-state index in [4.69, 9.17) is 4.42 Å². The van der Waals surface area contributed by atoms with Crippen molar-refractivity contribution in [2.45, 2.75) is 37.4 Å². The van der Waals surface area contributed by atoms with E-state index >= 15 is 0 Å².